The van der Waals surface area contributed by atoms with Gasteiger partial charge in [0.15, 0.2) is 0 Å². The van der Waals surface area contributed by atoms with Gasteiger partial charge in [0.25, 0.3) is 0 Å². The van der Waals surface area contributed by atoms with E-state index >= 15 is 0 Å². The molecule has 1 heterocycles. The molecule has 2 unspecified atom stereocenters. The van der Waals surface area contributed by atoms with Crippen LogP contribution in [0.25, 0.3) is 0 Å². The summed E-state index contributed by atoms with van der Waals surface area (Å²) >= 11 is 5.86. The summed E-state index contributed by atoms with van der Waals surface area (Å²) in [6.45, 7) is 0.484. The van der Waals surface area contributed by atoms with Crippen LogP contribution >= 0.6 is 11.6 Å². The van der Waals surface area contributed by atoms with Crippen molar-refractivity contribution >= 4 is 23.5 Å². The molecular formula is C18H24ClNO4. The summed E-state index contributed by atoms with van der Waals surface area (Å²) in [5, 5.41) is 0. The smallest absolute Gasteiger partial charge is 0.326 e. The quantitative estimate of drug-likeness (QED) is 0.557. The van der Waals surface area contributed by atoms with Gasteiger partial charge in [-0.15, -0.1) is 11.6 Å². The summed E-state index contributed by atoms with van der Waals surface area (Å²) in [5.74, 6) is -0.168. The Bertz CT molecular complexity index is 565. The van der Waals surface area contributed by atoms with Gasteiger partial charge in [0.1, 0.15) is 11.6 Å². The van der Waals surface area contributed by atoms with Crippen LogP contribution in [0.15, 0.2) is 30.3 Å². The molecule has 1 aliphatic rings. The Hall–Kier alpha value is -1.59. The zero-order valence-corrected chi connectivity index (χ0v) is 14.9. The van der Waals surface area contributed by atoms with Crippen molar-refractivity contribution in [3.63, 3.8) is 0 Å². The van der Waals surface area contributed by atoms with E-state index in [2.05, 4.69) is 0 Å². The minimum Gasteiger partial charge on any atom is -0.468 e. The molecule has 0 spiro atoms. The van der Waals surface area contributed by atoms with Crippen molar-refractivity contribution in [3.05, 3.63) is 35.9 Å². The van der Waals surface area contributed by atoms with Gasteiger partial charge in [-0.1, -0.05) is 30.3 Å². The van der Waals surface area contributed by atoms with Crippen molar-refractivity contribution in [2.24, 2.45) is 0 Å². The normalized spacial score (nSPS) is 23.9. The lowest BCUT2D eigenvalue weighted by Gasteiger charge is -2.38. The number of esters is 2. The van der Waals surface area contributed by atoms with E-state index in [1.54, 1.807) is 0 Å². The molecule has 1 aliphatic heterocycles. The molecule has 1 fully saturated rings. The maximum absolute atomic E-state index is 12.6. The highest BCUT2D eigenvalue weighted by Gasteiger charge is 2.54. The Morgan fingerprint density at radius 3 is 2.54 bits per heavy atom. The first-order valence-electron chi connectivity index (χ1n) is 8.12. The predicted molar refractivity (Wildman–Crippen MR) is 91.7 cm³/mol. The number of benzene rings is 1. The fourth-order valence-electron chi connectivity index (χ4n) is 3.54. The maximum Gasteiger partial charge on any atom is 0.326 e. The molecule has 0 saturated carbocycles. The SMILES string of the molecule is COC(=O)C1CCC(CCCCl)(C(=O)OC)N1Cc1ccccc1. The zero-order valence-electron chi connectivity index (χ0n) is 14.2. The summed E-state index contributed by atoms with van der Waals surface area (Å²) in [6, 6.07) is 9.33. The molecule has 1 aromatic carbocycles. The van der Waals surface area contributed by atoms with Crippen LogP contribution in [0.3, 0.4) is 0 Å². The van der Waals surface area contributed by atoms with Gasteiger partial charge in [0.2, 0.25) is 0 Å². The van der Waals surface area contributed by atoms with E-state index in [1.807, 2.05) is 35.2 Å². The number of likely N-dealkylation sites (tertiary alicyclic amines) is 1. The third-order valence-electron chi connectivity index (χ3n) is 4.72. The fraction of sp³-hybridized carbons (Fsp3) is 0.556. The van der Waals surface area contributed by atoms with E-state index in [0.29, 0.717) is 38.1 Å². The van der Waals surface area contributed by atoms with E-state index in [1.165, 1.54) is 14.2 Å². The van der Waals surface area contributed by atoms with Crippen LogP contribution in [-0.2, 0) is 25.6 Å². The second-order valence-corrected chi connectivity index (χ2v) is 6.38. The highest BCUT2D eigenvalue weighted by Crippen LogP contribution is 2.40. The Morgan fingerprint density at radius 1 is 1.25 bits per heavy atom. The largest absolute Gasteiger partial charge is 0.468 e. The van der Waals surface area contributed by atoms with Crippen LogP contribution in [0.4, 0.5) is 0 Å². The lowest BCUT2D eigenvalue weighted by molar-refractivity contribution is -0.159. The van der Waals surface area contributed by atoms with Crippen molar-refractivity contribution < 1.29 is 19.1 Å². The number of nitrogens with zero attached hydrogens (tertiary/aromatic N) is 1. The van der Waals surface area contributed by atoms with Crippen LogP contribution < -0.4 is 0 Å². The number of hydrogen-bond acceptors (Lipinski definition) is 5. The van der Waals surface area contributed by atoms with E-state index in [-0.39, 0.29) is 11.9 Å². The number of carbonyl (C=O) groups is 2. The van der Waals surface area contributed by atoms with Crippen molar-refractivity contribution in [1.29, 1.82) is 0 Å². The Kier molecular flexibility index (Phi) is 6.63. The molecule has 0 aromatic heterocycles. The minimum atomic E-state index is -0.835. The predicted octanol–water partition coefficient (Wildman–Crippen LogP) is 2.75. The molecule has 132 valence electrons. The summed E-state index contributed by atoms with van der Waals surface area (Å²) in [7, 11) is 2.76. The molecule has 2 atom stereocenters. The molecule has 0 aliphatic carbocycles. The number of ether oxygens (including phenoxy) is 2. The van der Waals surface area contributed by atoms with Gasteiger partial charge in [0, 0.05) is 12.4 Å². The number of carbonyl (C=O) groups excluding carboxylic acids is 2. The summed E-state index contributed by atoms with van der Waals surface area (Å²) in [5.41, 5.74) is 0.200. The molecule has 6 heteroatoms. The Balaban J connectivity index is 2.38. The van der Waals surface area contributed by atoms with Crippen molar-refractivity contribution in [2.75, 3.05) is 20.1 Å². The van der Waals surface area contributed by atoms with Gasteiger partial charge in [-0.2, -0.15) is 0 Å². The lowest BCUT2D eigenvalue weighted by atomic mass is 9.90. The number of hydrogen-bond donors (Lipinski definition) is 0. The first-order chi connectivity index (χ1) is 11.6. The van der Waals surface area contributed by atoms with Crippen molar-refractivity contribution in [2.45, 2.75) is 43.8 Å². The second kappa shape index (κ2) is 8.49. The molecule has 1 saturated heterocycles. The topological polar surface area (TPSA) is 55.8 Å². The summed E-state index contributed by atoms with van der Waals surface area (Å²) in [6.07, 6.45) is 2.36. The van der Waals surface area contributed by atoms with Crippen LogP contribution in [0.5, 0.6) is 0 Å². The molecule has 0 N–H and O–H groups in total. The Labute approximate surface area is 147 Å². The van der Waals surface area contributed by atoms with Crippen LogP contribution in [0, 0.1) is 0 Å². The maximum atomic E-state index is 12.6. The number of methoxy groups -OCH3 is 2. The monoisotopic (exact) mass is 353 g/mol. The standard InChI is InChI=1S/C18H24ClNO4/c1-23-16(21)15-9-11-18(10-6-12-19,17(22)24-2)20(15)13-14-7-4-3-5-8-14/h3-5,7-8,15H,6,9-13H2,1-2H3. The third kappa shape index (κ3) is 3.73. The van der Waals surface area contributed by atoms with Gasteiger partial charge >= 0.3 is 11.9 Å². The van der Waals surface area contributed by atoms with Crippen LogP contribution in [0.1, 0.15) is 31.2 Å². The van der Waals surface area contributed by atoms with Gasteiger partial charge < -0.3 is 9.47 Å². The average molecular weight is 354 g/mol. The average Bonchev–Trinajstić information content (AvgIpc) is 2.98. The molecule has 0 radical (unpaired) electrons. The summed E-state index contributed by atoms with van der Waals surface area (Å²) in [4.78, 5) is 26.8. The van der Waals surface area contributed by atoms with Crippen LogP contribution in [-0.4, -0.2) is 48.5 Å². The highest BCUT2D eigenvalue weighted by atomic mass is 35.5. The molecular weight excluding hydrogens is 330 g/mol. The molecule has 24 heavy (non-hydrogen) atoms. The Morgan fingerprint density at radius 2 is 1.96 bits per heavy atom. The molecule has 0 bridgehead atoms. The summed E-state index contributed by atoms with van der Waals surface area (Å²) < 4.78 is 10.0. The van der Waals surface area contributed by atoms with E-state index < -0.39 is 11.6 Å². The molecule has 0 amide bonds. The lowest BCUT2D eigenvalue weighted by Crippen LogP contribution is -2.54. The van der Waals surface area contributed by atoms with Crippen molar-refractivity contribution in [1.82, 2.24) is 4.90 Å². The number of alkyl halides is 1. The third-order valence-corrected chi connectivity index (χ3v) is 4.98. The molecule has 2 rings (SSSR count). The fourth-order valence-corrected chi connectivity index (χ4v) is 3.67. The molecule has 1 aromatic rings. The van der Waals surface area contributed by atoms with Crippen molar-refractivity contribution in [3.8, 4) is 0 Å². The van der Waals surface area contributed by atoms with Crippen LogP contribution in [0.2, 0.25) is 0 Å². The van der Waals surface area contributed by atoms with E-state index in [4.69, 9.17) is 21.1 Å². The first-order valence-corrected chi connectivity index (χ1v) is 8.65. The van der Waals surface area contributed by atoms with Gasteiger partial charge in [-0.25, -0.2) is 0 Å². The molecule has 5 nitrogen and oxygen atoms in total. The van der Waals surface area contributed by atoms with E-state index in [9.17, 15) is 9.59 Å². The number of rotatable bonds is 7. The second-order valence-electron chi connectivity index (χ2n) is 6.01. The van der Waals surface area contributed by atoms with Gasteiger partial charge in [-0.05, 0) is 31.2 Å². The zero-order chi connectivity index (χ0) is 17.6. The van der Waals surface area contributed by atoms with Gasteiger partial charge in [0.05, 0.1) is 14.2 Å². The number of halogens is 1. The first kappa shape index (κ1) is 18.7. The highest BCUT2D eigenvalue weighted by molar-refractivity contribution is 6.17. The van der Waals surface area contributed by atoms with E-state index in [0.717, 1.165) is 5.56 Å². The van der Waals surface area contributed by atoms with Gasteiger partial charge in [-0.3, -0.25) is 14.5 Å². The minimum absolute atomic E-state index is 0.310.